The van der Waals surface area contributed by atoms with Crippen LogP contribution in [0.3, 0.4) is 0 Å². The second kappa shape index (κ2) is 5.21. The Morgan fingerprint density at radius 2 is 2.19 bits per heavy atom. The predicted molar refractivity (Wildman–Crippen MR) is 66.3 cm³/mol. The van der Waals surface area contributed by atoms with Gasteiger partial charge in [0.2, 0.25) is 0 Å². The second-order valence-corrected chi connectivity index (χ2v) is 4.80. The van der Waals surface area contributed by atoms with Gasteiger partial charge in [0, 0.05) is 18.8 Å². The molecule has 0 radical (unpaired) electrons. The Morgan fingerprint density at radius 1 is 1.44 bits per heavy atom. The minimum atomic E-state index is 0.108. The molecule has 0 amide bonds. The fraction of sp³-hybridized carbons (Fsp3) is 0.545. The topological polar surface area (TPSA) is 36.4 Å². The van der Waals surface area contributed by atoms with Crippen molar-refractivity contribution < 1.29 is 5.11 Å². The number of aliphatic hydroxyl groups is 1. The summed E-state index contributed by atoms with van der Waals surface area (Å²) < 4.78 is 0. The summed E-state index contributed by atoms with van der Waals surface area (Å²) in [7, 11) is 0. The third-order valence-corrected chi connectivity index (χ3v) is 3.40. The van der Waals surface area contributed by atoms with E-state index in [1.165, 1.54) is 6.42 Å². The van der Waals surface area contributed by atoms with E-state index in [0.717, 1.165) is 18.7 Å². The van der Waals surface area contributed by atoms with Crippen LogP contribution in [-0.4, -0.2) is 29.3 Å². The molecular weight excluding hydrogens is 247 g/mol. The molecule has 1 aliphatic rings. The Bertz CT molecular complexity index is 369. The second-order valence-electron chi connectivity index (χ2n) is 3.96. The van der Waals surface area contributed by atoms with Gasteiger partial charge in [-0.25, -0.2) is 4.98 Å². The quantitative estimate of drug-likeness (QED) is 0.905. The van der Waals surface area contributed by atoms with E-state index in [9.17, 15) is 0 Å². The molecule has 0 atom stereocenters. The molecule has 0 aromatic carbocycles. The number of aliphatic hydroxyl groups excluding tert-OH is 1. The molecule has 0 bridgehead atoms. The molecule has 1 saturated carbocycles. The summed E-state index contributed by atoms with van der Waals surface area (Å²) in [5.74, 6) is 0.727. The Kier molecular flexibility index (Phi) is 3.90. The zero-order chi connectivity index (χ0) is 11.5. The van der Waals surface area contributed by atoms with Gasteiger partial charge in [0.25, 0.3) is 0 Å². The van der Waals surface area contributed by atoms with Gasteiger partial charge in [-0.1, -0.05) is 23.2 Å². The van der Waals surface area contributed by atoms with Gasteiger partial charge in [0.15, 0.2) is 0 Å². The van der Waals surface area contributed by atoms with Crippen molar-refractivity contribution in [3.63, 3.8) is 0 Å². The van der Waals surface area contributed by atoms with E-state index in [0.29, 0.717) is 22.6 Å². The zero-order valence-electron chi connectivity index (χ0n) is 8.87. The van der Waals surface area contributed by atoms with E-state index < -0.39 is 0 Å². The van der Waals surface area contributed by atoms with Crippen molar-refractivity contribution in [2.24, 2.45) is 0 Å². The fourth-order valence-electron chi connectivity index (χ4n) is 1.89. The monoisotopic (exact) mass is 260 g/mol. The zero-order valence-corrected chi connectivity index (χ0v) is 10.4. The van der Waals surface area contributed by atoms with E-state index in [4.69, 9.17) is 28.3 Å². The summed E-state index contributed by atoms with van der Waals surface area (Å²) >= 11 is 11.9. The molecule has 16 heavy (non-hydrogen) atoms. The average Bonchev–Trinajstić information content (AvgIpc) is 2.14. The maximum absolute atomic E-state index is 9.07. The molecule has 1 fully saturated rings. The lowest BCUT2D eigenvalue weighted by atomic mass is 9.91. The van der Waals surface area contributed by atoms with Crippen LogP contribution in [0.2, 0.25) is 10.0 Å². The van der Waals surface area contributed by atoms with Crippen LogP contribution in [0.15, 0.2) is 12.3 Å². The first-order valence-corrected chi connectivity index (χ1v) is 6.16. The molecular formula is C11H14Cl2N2O. The van der Waals surface area contributed by atoms with Crippen LogP contribution in [0.25, 0.3) is 0 Å². The van der Waals surface area contributed by atoms with Crippen LogP contribution in [0, 0.1) is 0 Å². The molecule has 1 aromatic heterocycles. The highest BCUT2D eigenvalue weighted by Crippen LogP contribution is 2.33. The van der Waals surface area contributed by atoms with Gasteiger partial charge >= 0.3 is 0 Å². The van der Waals surface area contributed by atoms with Gasteiger partial charge in [-0.2, -0.15) is 0 Å². The van der Waals surface area contributed by atoms with Gasteiger partial charge < -0.3 is 10.0 Å². The van der Waals surface area contributed by atoms with Crippen molar-refractivity contribution in [3.05, 3.63) is 22.3 Å². The van der Waals surface area contributed by atoms with Gasteiger partial charge in [-0.15, -0.1) is 0 Å². The van der Waals surface area contributed by atoms with Crippen LogP contribution in [0.5, 0.6) is 0 Å². The van der Waals surface area contributed by atoms with Crippen molar-refractivity contribution in [2.45, 2.75) is 25.3 Å². The van der Waals surface area contributed by atoms with Gasteiger partial charge in [-0.3, -0.25) is 0 Å². The molecule has 0 saturated heterocycles. The smallest absolute Gasteiger partial charge is 0.147 e. The third kappa shape index (κ3) is 2.42. The summed E-state index contributed by atoms with van der Waals surface area (Å²) in [5, 5.41) is 10.2. The molecule has 1 heterocycles. The molecule has 1 aliphatic carbocycles. The highest BCUT2D eigenvalue weighted by Gasteiger charge is 2.26. The number of rotatable bonds is 4. The molecule has 0 aliphatic heterocycles. The molecule has 5 heteroatoms. The highest BCUT2D eigenvalue weighted by atomic mass is 35.5. The van der Waals surface area contributed by atoms with Gasteiger partial charge in [-0.05, 0) is 25.3 Å². The molecule has 1 aromatic rings. The maximum atomic E-state index is 9.07. The number of aromatic nitrogens is 1. The van der Waals surface area contributed by atoms with E-state index in [2.05, 4.69) is 9.88 Å². The van der Waals surface area contributed by atoms with Crippen LogP contribution >= 0.6 is 23.2 Å². The molecule has 3 nitrogen and oxygen atoms in total. The van der Waals surface area contributed by atoms with Crippen LogP contribution in [0.4, 0.5) is 5.82 Å². The number of anilines is 1. The molecule has 1 N–H and O–H groups in total. The highest BCUT2D eigenvalue weighted by molar-refractivity contribution is 6.36. The number of pyridine rings is 1. The van der Waals surface area contributed by atoms with Crippen molar-refractivity contribution >= 4 is 29.0 Å². The Morgan fingerprint density at radius 3 is 2.69 bits per heavy atom. The van der Waals surface area contributed by atoms with Crippen LogP contribution in [-0.2, 0) is 0 Å². The molecule has 0 spiro atoms. The fourth-order valence-corrected chi connectivity index (χ4v) is 2.37. The molecule has 0 unspecified atom stereocenters. The van der Waals surface area contributed by atoms with Crippen LogP contribution in [0.1, 0.15) is 19.3 Å². The summed E-state index contributed by atoms with van der Waals surface area (Å²) in [6.45, 7) is 0.677. The third-order valence-electron chi connectivity index (χ3n) is 2.92. The van der Waals surface area contributed by atoms with Crippen molar-refractivity contribution in [2.75, 3.05) is 18.1 Å². The summed E-state index contributed by atoms with van der Waals surface area (Å²) in [6.07, 6.45) is 5.10. The van der Waals surface area contributed by atoms with E-state index in [1.807, 2.05) is 0 Å². The van der Waals surface area contributed by atoms with Crippen LogP contribution < -0.4 is 4.90 Å². The van der Waals surface area contributed by atoms with Gasteiger partial charge in [0.1, 0.15) is 5.82 Å². The number of halogens is 2. The summed E-state index contributed by atoms with van der Waals surface area (Å²) in [6, 6.07) is 2.15. The minimum Gasteiger partial charge on any atom is -0.395 e. The average molecular weight is 261 g/mol. The SMILES string of the molecule is OCCN(c1ncc(Cl)cc1Cl)C1CCC1. The first-order chi connectivity index (χ1) is 7.72. The number of nitrogens with zero attached hydrogens (tertiary/aromatic N) is 2. The normalized spacial score (nSPS) is 15.9. The largest absolute Gasteiger partial charge is 0.395 e. The maximum Gasteiger partial charge on any atom is 0.147 e. The summed E-state index contributed by atoms with van der Waals surface area (Å²) in [4.78, 5) is 6.32. The van der Waals surface area contributed by atoms with E-state index in [-0.39, 0.29) is 6.61 Å². The lowest BCUT2D eigenvalue weighted by Gasteiger charge is -2.38. The Hall–Kier alpha value is -0.510. The first kappa shape index (κ1) is 12.0. The number of hydrogen-bond donors (Lipinski definition) is 1. The van der Waals surface area contributed by atoms with Gasteiger partial charge in [0.05, 0.1) is 16.7 Å². The molecule has 88 valence electrons. The lowest BCUT2D eigenvalue weighted by Crippen LogP contribution is -2.42. The number of hydrogen-bond acceptors (Lipinski definition) is 3. The standard InChI is InChI=1S/C11H14Cl2N2O/c12-8-6-10(13)11(14-7-8)15(4-5-16)9-2-1-3-9/h6-7,9,16H,1-5H2. The van der Waals surface area contributed by atoms with E-state index in [1.54, 1.807) is 12.3 Å². The molecule has 2 rings (SSSR count). The van der Waals surface area contributed by atoms with E-state index >= 15 is 0 Å². The minimum absolute atomic E-state index is 0.108. The Labute approximate surface area is 105 Å². The lowest BCUT2D eigenvalue weighted by molar-refractivity contribution is 0.283. The summed E-state index contributed by atoms with van der Waals surface area (Å²) in [5.41, 5.74) is 0. The first-order valence-electron chi connectivity index (χ1n) is 5.41. The van der Waals surface area contributed by atoms with Crippen molar-refractivity contribution in [1.29, 1.82) is 0 Å². The Balaban J connectivity index is 2.23. The van der Waals surface area contributed by atoms with Crippen molar-refractivity contribution in [1.82, 2.24) is 4.98 Å². The van der Waals surface area contributed by atoms with Crippen molar-refractivity contribution in [3.8, 4) is 0 Å². The predicted octanol–water partition coefficient (Wildman–Crippen LogP) is 2.74.